The van der Waals surface area contributed by atoms with E-state index in [-0.39, 0.29) is 29.9 Å². The lowest BCUT2D eigenvalue weighted by molar-refractivity contribution is -0.153. The molecule has 40 heavy (non-hydrogen) atoms. The summed E-state index contributed by atoms with van der Waals surface area (Å²) >= 11 is 0. The Bertz CT molecular complexity index is 1100. The number of esters is 2. The van der Waals surface area contributed by atoms with Gasteiger partial charge in [0.05, 0.1) is 6.10 Å². The monoisotopic (exact) mass is 554 g/mol. The molecule has 1 fully saturated rings. The maximum absolute atomic E-state index is 11.9. The second kappa shape index (κ2) is 16.1. The number of nitrogens with zero attached hydrogens (tertiary/aromatic N) is 1. The van der Waals surface area contributed by atoms with Gasteiger partial charge in [0.15, 0.2) is 11.5 Å². The van der Waals surface area contributed by atoms with Crippen LogP contribution >= 0.6 is 0 Å². The zero-order chi connectivity index (χ0) is 28.9. The minimum absolute atomic E-state index is 0.0840. The number of phenols is 1. The number of anilines is 1. The van der Waals surface area contributed by atoms with Crippen LogP contribution in [-0.2, 0) is 31.9 Å². The Kier molecular flexibility index (Phi) is 12.6. The Morgan fingerprint density at radius 1 is 1.00 bits per heavy atom. The first kappa shape index (κ1) is 31.2. The van der Waals surface area contributed by atoms with Crippen LogP contribution in [0, 0.1) is 0 Å². The minimum atomic E-state index is -0.400. The van der Waals surface area contributed by atoms with E-state index in [4.69, 9.17) is 19.9 Å². The number of hydrogen-bond acceptors (Lipinski definition) is 8. The Balaban J connectivity index is 1.81. The molecule has 0 spiro atoms. The number of nitrogen functional groups attached to an aromatic ring is 1. The van der Waals surface area contributed by atoms with Gasteiger partial charge in [-0.1, -0.05) is 32.3 Å². The molecule has 3 rings (SSSR count). The predicted octanol–water partition coefficient (Wildman–Crippen LogP) is 6.44. The second-order valence-electron chi connectivity index (χ2n) is 11.0. The summed E-state index contributed by atoms with van der Waals surface area (Å²) in [6, 6.07) is 7.58. The van der Waals surface area contributed by atoms with Crippen molar-refractivity contribution in [2.75, 3.05) is 5.73 Å². The molecule has 1 aromatic carbocycles. The molecular formula is C32H46N2O6. The predicted molar refractivity (Wildman–Crippen MR) is 155 cm³/mol. The first-order chi connectivity index (χ1) is 19.2. The average Bonchev–Trinajstić information content (AvgIpc) is 2.90. The van der Waals surface area contributed by atoms with Crippen LogP contribution in [0.25, 0.3) is 0 Å². The fraction of sp³-hybridized carbons (Fsp3) is 0.594. The summed E-state index contributed by atoms with van der Waals surface area (Å²) in [6.45, 7) is 4.94. The summed E-state index contributed by atoms with van der Waals surface area (Å²) in [6.07, 6.45) is 12.4. The largest absolute Gasteiger partial charge is 0.504 e. The number of pyridine rings is 1. The number of carbonyl (C=O) groups excluding carboxylic acids is 2. The van der Waals surface area contributed by atoms with Crippen LogP contribution in [0.2, 0.25) is 0 Å². The topological polar surface area (TPSA) is 121 Å². The van der Waals surface area contributed by atoms with Crippen molar-refractivity contribution >= 4 is 17.8 Å². The first-order valence-electron chi connectivity index (χ1n) is 14.8. The number of aromatic nitrogens is 1. The summed E-state index contributed by atoms with van der Waals surface area (Å²) in [5.41, 5.74) is 8.56. The van der Waals surface area contributed by atoms with Crippen LogP contribution in [0.15, 0.2) is 30.5 Å². The van der Waals surface area contributed by atoms with Gasteiger partial charge in [0.1, 0.15) is 18.0 Å². The van der Waals surface area contributed by atoms with Crippen LogP contribution < -0.4 is 10.5 Å². The third kappa shape index (κ3) is 10.7. The molecule has 220 valence electrons. The molecule has 0 unspecified atom stereocenters. The van der Waals surface area contributed by atoms with E-state index < -0.39 is 6.10 Å². The number of aryl methyl sites for hydroxylation is 1. The molecule has 8 nitrogen and oxygen atoms in total. The average molecular weight is 555 g/mol. The first-order valence-corrected chi connectivity index (χ1v) is 14.8. The van der Waals surface area contributed by atoms with E-state index in [0.717, 1.165) is 68.1 Å². The van der Waals surface area contributed by atoms with Gasteiger partial charge in [-0.2, -0.15) is 0 Å². The molecule has 1 aliphatic carbocycles. The molecule has 8 heteroatoms. The number of hydrogen-bond donors (Lipinski definition) is 2. The number of phenolic OH excluding ortho intramolecular Hbond substituents is 1. The molecule has 2 aromatic rings. The van der Waals surface area contributed by atoms with E-state index in [1.165, 1.54) is 20.3 Å². The van der Waals surface area contributed by atoms with Crippen molar-refractivity contribution in [2.45, 2.75) is 123 Å². The van der Waals surface area contributed by atoms with Crippen LogP contribution in [0.3, 0.4) is 0 Å². The smallest absolute Gasteiger partial charge is 0.302 e. The minimum Gasteiger partial charge on any atom is -0.504 e. The summed E-state index contributed by atoms with van der Waals surface area (Å²) < 4.78 is 17.6. The molecule has 0 amide bonds. The van der Waals surface area contributed by atoms with Gasteiger partial charge >= 0.3 is 11.9 Å². The Morgan fingerprint density at radius 2 is 1.70 bits per heavy atom. The zero-order valence-corrected chi connectivity index (χ0v) is 24.3. The van der Waals surface area contributed by atoms with Crippen molar-refractivity contribution in [3.8, 4) is 11.5 Å². The van der Waals surface area contributed by atoms with Crippen LogP contribution in [0.1, 0.15) is 108 Å². The highest BCUT2D eigenvalue weighted by Gasteiger charge is 2.23. The molecule has 1 heterocycles. The molecular weight excluding hydrogens is 508 g/mol. The van der Waals surface area contributed by atoms with Gasteiger partial charge < -0.3 is 25.1 Å². The lowest BCUT2D eigenvalue weighted by Crippen LogP contribution is -2.27. The van der Waals surface area contributed by atoms with Crippen LogP contribution in [-0.4, -0.2) is 40.3 Å². The summed E-state index contributed by atoms with van der Waals surface area (Å²) in [5.74, 6) is 0.378. The SMILES string of the molecule is CCCCC[C@@H](C[C@@H](CCc1cc(Cc2ccnc(N)c2)c(O)c(OC2CCCCC2)c1)OC(C)=O)OC(C)=O. The summed E-state index contributed by atoms with van der Waals surface area (Å²) in [5, 5.41) is 11.2. The van der Waals surface area contributed by atoms with Crippen molar-refractivity contribution in [1.29, 1.82) is 0 Å². The third-order valence-corrected chi connectivity index (χ3v) is 7.38. The van der Waals surface area contributed by atoms with E-state index in [0.29, 0.717) is 37.3 Å². The van der Waals surface area contributed by atoms with Crippen molar-refractivity contribution < 1.29 is 28.9 Å². The fourth-order valence-corrected chi connectivity index (χ4v) is 5.45. The van der Waals surface area contributed by atoms with Gasteiger partial charge in [-0.3, -0.25) is 9.59 Å². The van der Waals surface area contributed by atoms with Gasteiger partial charge in [-0.25, -0.2) is 4.98 Å². The molecule has 3 N–H and O–H groups in total. The molecule has 0 saturated heterocycles. The number of benzene rings is 1. The number of nitrogens with two attached hydrogens (primary N) is 1. The zero-order valence-electron chi connectivity index (χ0n) is 24.3. The molecule has 1 aromatic heterocycles. The number of ether oxygens (including phenoxy) is 3. The van der Waals surface area contributed by atoms with Gasteiger partial charge in [0, 0.05) is 38.4 Å². The number of rotatable bonds is 15. The lowest BCUT2D eigenvalue weighted by atomic mass is 9.95. The van der Waals surface area contributed by atoms with Gasteiger partial charge in [-0.15, -0.1) is 0 Å². The number of carbonyl (C=O) groups is 2. The summed E-state index contributed by atoms with van der Waals surface area (Å²) in [4.78, 5) is 27.7. The van der Waals surface area contributed by atoms with E-state index in [1.54, 1.807) is 12.3 Å². The van der Waals surface area contributed by atoms with Crippen molar-refractivity contribution in [1.82, 2.24) is 4.98 Å². The van der Waals surface area contributed by atoms with E-state index in [9.17, 15) is 14.7 Å². The highest BCUT2D eigenvalue weighted by Crippen LogP contribution is 2.36. The van der Waals surface area contributed by atoms with Crippen molar-refractivity contribution in [3.05, 3.63) is 47.2 Å². The molecule has 0 radical (unpaired) electrons. The van der Waals surface area contributed by atoms with Crippen LogP contribution in [0.5, 0.6) is 11.5 Å². The molecule has 0 aliphatic heterocycles. The quantitative estimate of drug-likeness (QED) is 0.191. The Labute approximate surface area is 238 Å². The molecule has 1 saturated carbocycles. The Morgan fingerprint density at radius 3 is 2.35 bits per heavy atom. The number of aromatic hydroxyl groups is 1. The standard InChI is InChI=1S/C32H46N2O6/c1-4-5-7-12-28(38-22(2)35)21-29(39-23(3)36)14-13-24-17-26(18-25-15-16-34-31(33)20-25)32(37)30(19-24)40-27-10-8-6-9-11-27/h15-17,19-20,27-29,37H,4-14,18,21H2,1-3H3,(H2,33,34)/t28-,29+/m0/s1. The van der Waals surface area contributed by atoms with E-state index in [2.05, 4.69) is 11.9 Å². The highest BCUT2D eigenvalue weighted by molar-refractivity contribution is 5.66. The normalized spacial score (nSPS) is 15.3. The third-order valence-electron chi connectivity index (χ3n) is 7.38. The van der Waals surface area contributed by atoms with Crippen LogP contribution in [0.4, 0.5) is 5.82 Å². The fourth-order valence-electron chi connectivity index (χ4n) is 5.45. The maximum atomic E-state index is 11.9. The maximum Gasteiger partial charge on any atom is 0.302 e. The van der Waals surface area contributed by atoms with E-state index in [1.807, 2.05) is 18.2 Å². The summed E-state index contributed by atoms with van der Waals surface area (Å²) in [7, 11) is 0. The molecule has 1 aliphatic rings. The molecule has 0 bridgehead atoms. The van der Waals surface area contributed by atoms with Gasteiger partial charge in [0.2, 0.25) is 0 Å². The lowest BCUT2D eigenvalue weighted by Gasteiger charge is -2.25. The molecule has 2 atom stereocenters. The second-order valence-corrected chi connectivity index (χ2v) is 11.0. The Hall–Kier alpha value is -3.29. The number of unbranched alkanes of at least 4 members (excludes halogenated alkanes) is 2. The van der Waals surface area contributed by atoms with Gasteiger partial charge in [0.25, 0.3) is 0 Å². The van der Waals surface area contributed by atoms with Crippen molar-refractivity contribution in [2.24, 2.45) is 0 Å². The van der Waals surface area contributed by atoms with Crippen molar-refractivity contribution in [3.63, 3.8) is 0 Å². The highest BCUT2D eigenvalue weighted by atomic mass is 16.6. The van der Waals surface area contributed by atoms with Gasteiger partial charge in [-0.05, 0) is 80.7 Å². The van der Waals surface area contributed by atoms with E-state index >= 15 is 0 Å².